The van der Waals surface area contributed by atoms with Crippen molar-refractivity contribution < 1.29 is 4.74 Å². The lowest BCUT2D eigenvalue weighted by Gasteiger charge is -2.43. The van der Waals surface area contributed by atoms with Crippen molar-refractivity contribution in [1.29, 1.82) is 0 Å². The van der Waals surface area contributed by atoms with E-state index in [1.54, 1.807) is 0 Å². The highest BCUT2D eigenvalue weighted by Gasteiger charge is 2.37. The van der Waals surface area contributed by atoms with Crippen LogP contribution in [0.4, 0.5) is 0 Å². The Morgan fingerprint density at radius 2 is 1.74 bits per heavy atom. The molecule has 1 saturated heterocycles. The van der Waals surface area contributed by atoms with Crippen LogP contribution in [-0.2, 0) is 0 Å². The molecular formula is C25H39NO. The molecule has 0 radical (unpaired) electrons. The number of benzene rings is 1. The number of rotatable bonds is 4. The van der Waals surface area contributed by atoms with Crippen LogP contribution >= 0.6 is 0 Å². The summed E-state index contributed by atoms with van der Waals surface area (Å²) in [6.07, 6.45) is 4.95. The Hall–Kier alpha value is -1.28. The highest BCUT2D eigenvalue weighted by Crippen LogP contribution is 2.48. The summed E-state index contributed by atoms with van der Waals surface area (Å²) in [6, 6.07) is 6.87. The first-order valence-electron chi connectivity index (χ1n) is 10.7. The van der Waals surface area contributed by atoms with Crippen molar-refractivity contribution in [2.24, 2.45) is 10.8 Å². The Labute approximate surface area is 167 Å². The lowest BCUT2D eigenvalue weighted by molar-refractivity contribution is 0.180. The first-order chi connectivity index (χ1) is 12.6. The topological polar surface area (TPSA) is 12.5 Å². The van der Waals surface area contributed by atoms with Crippen LogP contribution in [0.1, 0.15) is 77.3 Å². The Bertz CT molecular complexity index is 705. The standard InChI is InChI=1S/C25H39NO/c1-18-14-21(20-10-12-26(7)13-11-20)8-9-23(18)27-16-22-19(2)15-24(3,4)17-25(22,5)6/h8-9,14,20H,10-13,15-17H2,1-7H3. The number of ether oxygens (including phenoxy) is 1. The second-order valence-corrected chi connectivity index (χ2v) is 10.6. The van der Waals surface area contributed by atoms with Crippen LogP contribution in [0.3, 0.4) is 0 Å². The lowest BCUT2D eigenvalue weighted by atomic mass is 9.63. The molecule has 0 spiro atoms. The number of allylic oxidation sites excluding steroid dienone is 1. The van der Waals surface area contributed by atoms with Gasteiger partial charge in [-0.3, -0.25) is 0 Å². The average molecular weight is 370 g/mol. The largest absolute Gasteiger partial charge is 0.489 e. The highest BCUT2D eigenvalue weighted by atomic mass is 16.5. The van der Waals surface area contributed by atoms with Gasteiger partial charge in [0, 0.05) is 0 Å². The molecule has 1 fully saturated rings. The van der Waals surface area contributed by atoms with Gasteiger partial charge >= 0.3 is 0 Å². The van der Waals surface area contributed by atoms with E-state index < -0.39 is 0 Å². The Morgan fingerprint density at radius 3 is 2.33 bits per heavy atom. The van der Waals surface area contributed by atoms with Gasteiger partial charge in [-0.15, -0.1) is 0 Å². The molecule has 1 aromatic rings. The molecule has 1 heterocycles. The van der Waals surface area contributed by atoms with Crippen LogP contribution in [-0.4, -0.2) is 31.6 Å². The van der Waals surface area contributed by atoms with Gasteiger partial charge in [0.1, 0.15) is 12.4 Å². The average Bonchev–Trinajstić information content (AvgIpc) is 2.54. The lowest BCUT2D eigenvalue weighted by Crippen LogP contribution is -2.33. The third kappa shape index (κ3) is 4.77. The Kier molecular flexibility index (Phi) is 5.77. The van der Waals surface area contributed by atoms with Crippen molar-refractivity contribution in [3.63, 3.8) is 0 Å². The number of hydrogen-bond donors (Lipinski definition) is 0. The van der Waals surface area contributed by atoms with Crippen LogP contribution in [0.15, 0.2) is 29.3 Å². The van der Waals surface area contributed by atoms with Crippen molar-refractivity contribution in [3.05, 3.63) is 40.5 Å². The molecule has 2 heteroatoms. The van der Waals surface area contributed by atoms with E-state index in [0.717, 1.165) is 12.4 Å². The first-order valence-corrected chi connectivity index (χ1v) is 10.7. The molecule has 0 saturated carbocycles. The summed E-state index contributed by atoms with van der Waals surface area (Å²) in [4.78, 5) is 2.43. The molecule has 0 aromatic heterocycles. The molecule has 0 atom stereocenters. The van der Waals surface area contributed by atoms with Gasteiger partial charge in [-0.25, -0.2) is 0 Å². The number of aryl methyl sites for hydroxylation is 1. The Balaban J connectivity index is 1.69. The fraction of sp³-hybridized carbons (Fsp3) is 0.680. The third-order valence-corrected chi connectivity index (χ3v) is 6.76. The van der Waals surface area contributed by atoms with Crippen LogP contribution in [0.5, 0.6) is 5.75 Å². The summed E-state index contributed by atoms with van der Waals surface area (Å²) >= 11 is 0. The second kappa shape index (κ2) is 7.62. The van der Waals surface area contributed by atoms with Gasteiger partial charge in [0.05, 0.1) is 0 Å². The predicted octanol–water partition coefficient (Wildman–Crippen LogP) is 6.35. The zero-order valence-electron chi connectivity index (χ0n) is 18.6. The zero-order valence-corrected chi connectivity index (χ0v) is 18.6. The molecule has 0 N–H and O–H groups in total. The van der Waals surface area contributed by atoms with Crippen molar-refractivity contribution in [2.45, 2.75) is 73.1 Å². The van der Waals surface area contributed by atoms with Gasteiger partial charge in [0.15, 0.2) is 0 Å². The van der Waals surface area contributed by atoms with E-state index in [9.17, 15) is 0 Å². The minimum atomic E-state index is 0.216. The molecule has 1 aromatic carbocycles. The maximum Gasteiger partial charge on any atom is 0.122 e. The monoisotopic (exact) mass is 369 g/mol. The van der Waals surface area contributed by atoms with Gasteiger partial charge in [0.2, 0.25) is 0 Å². The van der Waals surface area contributed by atoms with E-state index in [4.69, 9.17) is 4.74 Å². The summed E-state index contributed by atoms with van der Waals surface area (Å²) < 4.78 is 6.34. The normalized spacial score (nSPS) is 23.5. The van der Waals surface area contributed by atoms with E-state index in [2.05, 4.69) is 71.7 Å². The molecule has 3 rings (SSSR count). The molecule has 27 heavy (non-hydrogen) atoms. The summed E-state index contributed by atoms with van der Waals surface area (Å²) in [5.74, 6) is 1.76. The van der Waals surface area contributed by atoms with Gasteiger partial charge in [-0.1, -0.05) is 45.4 Å². The van der Waals surface area contributed by atoms with Crippen LogP contribution < -0.4 is 4.74 Å². The maximum atomic E-state index is 6.34. The fourth-order valence-corrected chi connectivity index (χ4v) is 5.67. The smallest absolute Gasteiger partial charge is 0.122 e. The van der Waals surface area contributed by atoms with E-state index in [1.165, 1.54) is 61.0 Å². The van der Waals surface area contributed by atoms with Crippen molar-refractivity contribution >= 4 is 0 Å². The third-order valence-electron chi connectivity index (χ3n) is 6.76. The molecular weight excluding hydrogens is 330 g/mol. The minimum Gasteiger partial charge on any atom is -0.489 e. The van der Waals surface area contributed by atoms with Crippen LogP contribution in [0.2, 0.25) is 0 Å². The molecule has 0 amide bonds. The minimum absolute atomic E-state index is 0.216. The van der Waals surface area contributed by atoms with E-state index in [0.29, 0.717) is 11.3 Å². The Morgan fingerprint density at radius 1 is 1.07 bits per heavy atom. The van der Waals surface area contributed by atoms with Gasteiger partial charge in [-0.2, -0.15) is 0 Å². The number of likely N-dealkylation sites (tertiary alicyclic amines) is 1. The molecule has 1 aliphatic heterocycles. The van der Waals surface area contributed by atoms with Crippen LogP contribution in [0, 0.1) is 17.8 Å². The van der Waals surface area contributed by atoms with Crippen molar-refractivity contribution in [3.8, 4) is 5.75 Å². The molecule has 2 aliphatic rings. The zero-order chi connectivity index (χ0) is 19.8. The summed E-state index contributed by atoms with van der Waals surface area (Å²) in [5, 5.41) is 0. The molecule has 2 nitrogen and oxygen atoms in total. The summed E-state index contributed by atoms with van der Waals surface area (Å²) in [6.45, 7) is 17.2. The highest BCUT2D eigenvalue weighted by molar-refractivity contribution is 5.38. The molecule has 1 aliphatic carbocycles. The predicted molar refractivity (Wildman–Crippen MR) is 116 cm³/mol. The van der Waals surface area contributed by atoms with Gasteiger partial charge < -0.3 is 9.64 Å². The number of nitrogens with zero attached hydrogens (tertiary/aromatic N) is 1. The van der Waals surface area contributed by atoms with Crippen LogP contribution in [0.25, 0.3) is 0 Å². The van der Waals surface area contributed by atoms with Gasteiger partial charge in [-0.05, 0) is 99.2 Å². The number of piperidine rings is 1. The van der Waals surface area contributed by atoms with Crippen molar-refractivity contribution in [2.75, 3.05) is 26.7 Å². The van der Waals surface area contributed by atoms with E-state index in [1.807, 2.05) is 0 Å². The second-order valence-electron chi connectivity index (χ2n) is 10.6. The first kappa shape index (κ1) is 20.5. The maximum absolute atomic E-state index is 6.34. The van der Waals surface area contributed by atoms with E-state index in [-0.39, 0.29) is 5.41 Å². The SMILES string of the molecule is CC1=C(COc2ccc(C3CCN(C)CC3)cc2C)C(C)(C)CC(C)(C)C1. The van der Waals surface area contributed by atoms with Gasteiger partial charge in [0.25, 0.3) is 0 Å². The molecule has 0 bridgehead atoms. The molecule has 150 valence electrons. The number of hydrogen-bond acceptors (Lipinski definition) is 2. The van der Waals surface area contributed by atoms with E-state index >= 15 is 0 Å². The summed E-state index contributed by atoms with van der Waals surface area (Å²) in [5.41, 5.74) is 6.40. The fourth-order valence-electron chi connectivity index (χ4n) is 5.67. The quantitative estimate of drug-likeness (QED) is 0.574. The molecule has 0 unspecified atom stereocenters. The van der Waals surface area contributed by atoms with Crippen molar-refractivity contribution in [1.82, 2.24) is 4.90 Å². The summed E-state index contributed by atoms with van der Waals surface area (Å²) in [7, 11) is 2.23.